The molecule has 2 aliphatic rings. The van der Waals surface area contributed by atoms with E-state index in [1.165, 1.54) is 31.2 Å². The number of aryl methyl sites for hydroxylation is 1. The molecular weight excluding hydrogens is 717 g/mol. The van der Waals surface area contributed by atoms with E-state index in [4.69, 9.17) is 14.5 Å². The van der Waals surface area contributed by atoms with Crippen LogP contribution in [0.15, 0.2) is 53.4 Å². The summed E-state index contributed by atoms with van der Waals surface area (Å²) >= 11 is 3.60. The molecule has 0 bridgehead atoms. The van der Waals surface area contributed by atoms with Gasteiger partial charge in [0.1, 0.15) is 18.7 Å². The highest BCUT2D eigenvalue weighted by Gasteiger charge is 2.28. The minimum Gasteiger partial charge on any atom is -0.494 e. The first-order valence-corrected chi connectivity index (χ1v) is 20.5. The average Bonchev–Trinajstić information content (AvgIpc) is 3.13. The number of nitrogens with zero attached hydrogens (tertiary/aromatic N) is 7. The second-order valence-corrected chi connectivity index (χ2v) is 17.3. The third-order valence-corrected chi connectivity index (χ3v) is 11.7. The maximum Gasteiger partial charge on any atom is 0.316 e. The van der Waals surface area contributed by atoms with Crippen LogP contribution >= 0.6 is 23.1 Å². The van der Waals surface area contributed by atoms with E-state index < -0.39 is 7.14 Å². The number of methoxy groups -OCH3 is 2. The molecule has 6 rings (SSSR count). The summed E-state index contributed by atoms with van der Waals surface area (Å²) in [5, 5.41) is 7.49. The Hall–Kier alpha value is -3.77. The number of ether oxygens (including phenoxy) is 2. The Morgan fingerprint density at radius 1 is 0.880 bits per heavy atom. The highest BCUT2D eigenvalue weighted by Crippen LogP contribution is 2.41. The van der Waals surface area contributed by atoms with Crippen molar-refractivity contribution < 1.29 is 14.0 Å². The fourth-order valence-corrected chi connectivity index (χ4v) is 8.16. The number of likely N-dealkylation sites (N-methyl/N-ethyl adjacent to an activating group) is 1. The van der Waals surface area contributed by atoms with Crippen LogP contribution in [0.3, 0.4) is 0 Å². The van der Waals surface area contributed by atoms with E-state index in [1.54, 1.807) is 39.0 Å². The van der Waals surface area contributed by atoms with Crippen molar-refractivity contribution in [2.24, 2.45) is 0 Å². The third kappa shape index (κ3) is 8.23. The van der Waals surface area contributed by atoms with Crippen LogP contribution in [0, 0.1) is 0 Å². The Morgan fingerprint density at radius 3 is 2.24 bits per heavy atom. The maximum atomic E-state index is 13.5. The van der Waals surface area contributed by atoms with Gasteiger partial charge in [0, 0.05) is 86.5 Å². The number of hydrogen-bond acceptors (Lipinski definition) is 12. The first kappa shape index (κ1) is 36.0. The summed E-state index contributed by atoms with van der Waals surface area (Å²) in [4.78, 5) is 25.4. The van der Waals surface area contributed by atoms with Gasteiger partial charge in [0.2, 0.25) is 5.95 Å². The lowest BCUT2D eigenvalue weighted by Gasteiger charge is -2.43. The molecular formula is C36H47BrN9O3P. The average molecular weight is 765 g/mol. The number of aromatic nitrogens is 4. The van der Waals surface area contributed by atoms with Gasteiger partial charge in [-0.25, -0.2) is 15.0 Å². The molecule has 12 nitrogen and oxygen atoms in total. The van der Waals surface area contributed by atoms with E-state index in [-0.39, 0.29) is 0 Å². The number of piperazine rings is 1. The van der Waals surface area contributed by atoms with Crippen molar-refractivity contribution in [3.05, 3.63) is 59.0 Å². The first-order chi connectivity index (χ1) is 24.1. The molecule has 0 aliphatic carbocycles. The van der Waals surface area contributed by atoms with Crippen LogP contribution in [0.25, 0.3) is 11.1 Å². The fourth-order valence-electron chi connectivity index (χ4n) is 6.71. The second-order valence-electron chi connectivity index (χ2n) is 13.3. The molecule has 2 N–H and O–H groups in total. The molecule has 2 aromatic carbocycles. The van der Waals surface area contributed by atoms with Crippen LogP contribution < -0.4 is 30.3 Å². The van der Waals surface area contributed by atoms with Crippen molar-refractivity contribution in [2.45, 2.75) is 32.2 Å². The van der Waals surface area contributed by atoms with Crippen molar-refractivity contribution in [3.8, 4) is 22.9 Å². The lowest BCUT2D eigenvalue weighted by atomic mass is 9.99. The van der Waals surface area contributed by atoms with Gasteiger partial charge < -0.3 is 34.5 Å². The highest BCUT2D eigenvalue weighted by atomic mass is 79.9. The number of rotatable bonds is 11. The van der Waals surface area contributed by atoms with Crippen molar-refractivity contribution in [3.63, 3.8) is 0 Å². The van der Waals surface area contributed by atoms with Crippen LogP contribution in [0.2, 0.25) is 0 Å². The van der Waals surface area contributed by atoms with Gasteiger partial charge in [-0.2, -0.15) is 4.98 Å². The Kier molecular flexibility index (Phi) is 11.3. The number of benzene rings is 2. The van der Waals surface area contributed by atoms with E-state index in [0.29, 0.717) is 39.3 Å². The van der Waals surface area contributed by atoms with E-state index in [0.717, 1.165) is 68.3 Å². The zero-order valence-corrected chi connectivity index (χ0v) is 32.2. The molecule has 266 valence electrons. The number of anilines is 5. The SMILES string of the molecule is CCc1cc(Nc2ncc(Br)c(Nc3ccc(-c4cnc(OC)nc4)cc3P(C)(C)=O)n2)c(OC)cc1N1CCC(N2CCN(C)CC2)CC1. The number of nitrogens with one attached hydrogen (secondary N) is 2. The lowest BCUT2D eigenvalue weighted by molar-refractivity contribution is 0.0982. The molecule has 0 radical (unpaired) electrons. The molecule has 4 heterocycles. The largest absolute Gasteiger partial charge is 0.494 e. The molecule has 4 aromatic rings. The monoisotopic (exact) mass is 763 g/mol. The topological polar surface area (TPSA) is 121 Å². The highest BCUT2D eigenvalue weighted by molar-refractivity contribution is 9.10. The minimum atomic E-state index is -2.71. The van der Waals surface area contributed by atoms with Crippen LogP contribution in [0.1, 0.15) is 25.3 Å². The van der Waals surface area contributed by atoms with Gasteiger partial charge in [0.15, 0.2) is 0 Å². The van der Waals surface area contributed by atoms with Gasteiger partial charge in [-0.1, -0.05) is 13.0 Å². The number of piperidine rings is 1. The molecule has 0 atom stereocenters. The molecule has 2 aromatic heterocycles. The molecule has 2 saturated heterocycles. The van der Waals surface area contributed by atoms with Gasteiger partial charge in [0.05, 0.1) is 30.1 Å². The van der Waals surface area contributed by atoms with Crippen molar-refractivity contribution in [2.75, 3.05) is 89.4 Å². The van der Waals surface area contributed by atoms with Gasteiger partial charge in [-0.15, -0.1) is 0 Å². The van der Waals surface area contributed by atoms with Gasteiger partial charge >= 0.3 is 6.01 Å². The molecule has 50 heavy (non-hydrogen) atoms. The third-order valence-electron chi connectivity index (χ3n) is 9.61. The van der Waals surface area contributed by atoms with Crippen molar-refractivity contribution in [1.82, 2.24) is 29.7 Å². The summed E-state index contributed by atoms with van der Waals surface area (Å²) in [6, 6.07) is 11.0. The van der Waals surface area contributed by atoms with Gasteiger partial charge in [-0.3, -0.25) is 4.90 Å². The maximum absolute atomic E-state index is 13.5. The summed E-state index contributed by atoms with van der Waals surface area (Å²) < 4.78 is 25.2. The van der Waals surface area contributed by atoms with E-state index in [2.05, 4.69) is 82.3 Å². The number of hydrogen-bond donors (Lipinski definition) is 2. The predicted octanol–water partition coefficient (Wildman–Crippen LogP) is 6.23. The molecule has 0 unspecified atom stereocenters. The standard InChI is InChI=1S/C36H47BrN9O3P/c1-7-24-18-30(32(48-3)20-31(24)46-12-10-27(11-13-46)45-16-14-44(2)15-17-45)42-35-38-23-28(37)34(43-35)41-29-9-8-25(19-33(29)50(5,6)47)26-21-39-36(49-4)40-22-26/h8-9,18-23,27H,7,10-17H2,1-6H3,(H2,38,41,42,43). The Labute approximate surface area is 303 Å². The zero-order valence-electron chi connectivity index (χ0n) is 29.7. The summed E-state index contributed by atoms with van der Waals surface area (Å²) in [6.07, 6.45) is 8.30. The van der Waals surface area contributed by atoms with Crippen molar-refractivity contribution >= 4 is 57.2 Å². The summed E-state index contributed by atoms with van der Waals surface area (Å²) in [5.74, 6) is 1.67. The molecule has 2 fully saturated rings. The second kappa shape index (κ2) is 15.6. The fraction of sp³-hybridized carbons (Fsp3) is 0.444. The van der Waals surface area contributed by atoms with Gasteiger partial charge in [-0.05, 0) is 84.9 Å². The normalized spacial score (nSPS) is 16.3. The quantitative estimate of drug-likeness (QED) is 0.169. The first-order valence-electron chi connectivity index (χ1n) is 17.1. The summed E-state index contributed by atoms with van der Waals surface area (Å²) in [6.45, 7) is 12.4. The lowest BCUT2D eigenvalue weighted by Crippen LogP contribution is -2.52. The van der Waals surface area contributed by atoms with E-state index >= 15 is 0 Å². The Balaban J connectivity index is 1.21. The molecule has 14 heteroatoms. The van der Waals surface area contributed by atoms with E-state index in [9.17, 15) is 4.57 Å². The van der Waals surface area contributed by atoms with E-state index in [1.807, 2.05) is 18.2 Å². The number of halogens is 1. The van der Waals surface area contributed by atoms with Gasteiger partial charge in [0.25, 0.3) is 0 Å². The summed E-state index contributed by atoms with van der Waals surface area (Å²) in [5.41, 5.74) is 5.61. The Morgan fingerprint density at radius 2 is 1.60 bits per heavy atom. The molecule has 2 aliphatic heterocycles. The summed E-state index contributed by atoms with van der Waals surface area (Å²) in [7, 11) is 2.72. The van der Waals surface area contributed by atoms with Crippen LogP contribution in [0.5, 0.6) is 11.8 Å². The smallest absolute Gasteiger partial charge is 0.316 e. The molecule has 0 spiro atoms. The zero-order chi connectivity index (χ0) is 35.4. The predicted molar refractivity (Wildman–Crippen MR) is 206 cm³/mol. The van der Waals surface area contributed by atoms with Crippen molar-refractivity contribution in [1.29, 1.82) is 0 Å². The minimum absolute atomic E-state index is 0.290. The van der Waals surface area contributed by atoms with Crippen LogP contribution in [-0.2, 0) is 11.0 Å². The molecule has 0 saturated carbocycles. The Bertz CT molecular complexity index is 1840. The van der Waals surface area contributed by atoms with Crippen LogP contribution in [0.4, 0.5) is 28.8 Å². The van der Waals surface area contributed by atoms with Crippen LogP contribution in [-0.4, -0.2) is 110 Å². The molecule has 0 amide bonds.